The van der Waals surface area contributed by atoms with Crippen molar-refractivity contribution in [3.8, 4) is 11.1 Å². The maximum absolute atomic E-state index is 13.3. The van der Waals surface area contributed by atoms with Crippen molar-refractivity contribution in [2.45, 2.75) is 116 Å². The second-order valence-corrected chi connectivity index (χ2v) is 10.5. The van der Waals surface area contributed by atoms with Crippen molar-refractivity contribution in [2.24, 2.45) is 0 Å². The Labute approximate surface area is 223 Å². The van der Waals surface area contributed by atoms with Crippen molar-refractivity contribution >= 4 is 11.9 Å². The fraction of sp³-hybridized carbons (Fsp3) is 0.562. The maximum Gasteiger partial charge on any atom is 0.326 e. The van der Waals surface area contributed by atoms with Crippen LogP contribution in [0.3, 0.4) is 0 Å². The molecule has 0 heterocycles. The molecule has 202 valence electrons. The van der Waals surface area contributed by atoms with E-state index in [0.717, 1.165) is 36.0 Å². The molecule has 1 unspecified atom stereocenters. The summed E-state index contributed by atoms with van der Waals surface area (Å²) in [5.74, 6) is -1.34. The van der Waals surface area contributed by atoms with Gasteiger partial charge in [0.05, 0.1) is 12.2 Å². The Balaban J connectivity index is 1.82. The average molecular weight is 508 g/mol. The van der Waals surface area contributed by atoms with Gasteiger partial charge in [-0.1, -0.05) is 88.8 Å². The minimum absolute atomic E-state index is 0.262. The number of rotatable bonds is 14. The highest BCUT2D eigenvalue weighted by Crippen LogP contribution is 2.30. The number of carboxylic acids is 1. The Kier molecular flexibility index (Phi) is 11.7. The number of amides is 1. The number of benzene rings is 2. The van der Waals surface area contributed by atoms with Crippen LogP contribution in [0.1, 0.15) is 106 Å². The van der Waals surface area contributed by atoms with E-state index in [9.17, 15) is 14.7 Å². The van der Waals surface area contributed by atoms with Gasteiger partial charge in [0.1, 0.15) is 6.04 Å². The number of ether oxygens (including phenoxy) is 1. The number of carbonyl (C=O) groups excluding carboxylic acids is 1. The smallest absolute Gasteiger partial charge is 0.326 e. The number of aryl methyl sites for hydroxylation is 2. The molecule has 5 nitrogen and oxygen atoms in total. The minimum atomic E-state index is -1.000. The largest absolute Gasteiger partial charge is 0.480 e. The summed E-state index contributed by atoms with van der Waals surface area (Å²) in [6.45, 7) is 6.19. The van der Waals surface area contributed by atoms with Gasteiger partial charge in [0.2, 0.25) is 0 Å². The molecule has 2 aromatic carbocycles. The molecule has 0 radical (unpaired) electrons. The molecule has 1 aliphatic carbocycles. The number of hydrogen-bond acceptors (Lipinski definition) is 3. The van der Waals surface area contributed by atoms with Crippen LogP contribution in [0.4, 0.5) is 0 Å². The standard InChI is InChI=1S/C32H45NO4/c1-4-6-14-26(37-25-15-8-7-9-16-25)20-18-24-19-21-28(31(34)33-30(12-5-2)32(35)36)29(22-24)27-17-11-10-13-23(27)3/h10-11,13,17,19,21-22,25-26,30H,4-9,12,14-16,18,20H2,1-3H3,(H,33,34)(H,35,36)/t26?,30-/m0/s1. The zero-order valence-electron chi connectivity index (χ0n) is 22.9. The van der Waals surface area contributed by atoms with Crippen LogP contribution in [0.15, 0.2) is 42.5 Å². The lowest BCUT2D eigenvalue weighted by atomic mass is 9.91. The molecule has 0 aliphatic heterocycles. The summed E-state index contributed by atoms with van der Waals surface area (Å²) in [5, 5.41) is 12.3. The molecule has 3 rings (SSSR count). The lowest BCUT2D eigenvalue weighted by Gasteiger charge is -2.28. The van der Waals surface area contributed by atoms with Crippen LogP contribution >= 0.6 is 0 Å². The van der Waals surface area contributed by atoms with Crippen LogP contribution in [-0.4, -0.2) is 35.2 Å². The summed E-state index contributed by atoms with van der Waals surface area (Å²) in [6.07, 6.45) is 13.3. The lowest BCUT2D eigenvalue weighted by Crippen LogP contribution is -2.40. The third-order valence-corrected chi connectivity index (χ3v) is 7.52. The lowest BCUT2D eigenvalue weighted by molar-refractivity contribution is -0.139. The SMILES string of the molecule is CCCCC(CCc1ccc(C(=O)N[C@@H](CCC)C(=O)O)c(-c2ccccc2C)c1)OC1CCCCC1. The van der Waals surface area contributed by atoms with Crippen molar-refractivity contribution in [1.29, 1.82) is 0 Å². The van der Waals surface area contributed by atoms with Crippen LogP contribution in [0, 0.1) is 6.92 Å². The zero-order chi connectivity index (χ0) is 26.6. The van der Waals surface area contributed by atoms with Crippen LogP contribution in [0.25, 0.3) is 11.1 Å². The molecule has 1 fully saturated rings. The van der Waals surface area contributed by atoms with E-state index in [1.165, 1.54) is 50.5 Å². The Morgan fingerprint density at radius 2 is 1.73 bits per heavy atom. The van der Waals surface area contributed by atoms with Gasteiger partial charge in [0.25, 0.3) is 5.91 Å². The molecule has 0 spiro atoms. The molecule has 37 heavy (non-hydrogen) atoms. The van der Waals surface area contributed by atoms with Crippen molar-refractivity contribution in [1.82, 2.24) is 5.32 Å². The normalized spacial score (nSPS) is 15.8. The highest BCUT2D eigenvalue weighted by atomic mass is 16.5. The molecular formula is C32H45NO4. The topological polar surface area (TPSA) is 75.6 Å². The molecular weight excluding hydrogens is 462 g/mol. The van der Waals surface area contributed by atoms with Crippen molar-refractivity contribution in [3.63, 3.8) is 0 Å². The monoisotopic (exact) mass is 507 g/mol. The summed E-state index contributed by atoms with van der Waals surface area (Å²) >= 11 is 0. The summed E-state index contributed by atoms with van der Waals surface area (Å²) in [4.78, 5) is 24.9. The second-order valence-electron chi connectivity index (χ2n) is 10.5. The second kappa shape index (κ2) is 14.9. The van der Waals surface area contributed by atoms with E-state index in [-0.39, 0.29) is 12.0 Å². The number of aliphatic carboxylic acids is 1. The fourth-order valence-corrected chi connectivity index (χ4v) is 5.34. The number of hydrogen-bond donors (Lipinski definition) is 2. The van der Waals surface area contributed by atoms with Gasteiger partial charge < -0.3 is 15.2 Å². The van der Waals surface area contributed by atoms with E-state index in [1.54, 1.807) is 0 Å². The Hall–Kier alpha value is -2.66. The average Bonchev–Trinajstić information content (AvgIpc) is 2.90. The van der Waals surface area contributed by atoms with Crippen molar-refractivity contribution < 1.29 is 19.4 Å². The third kappa shape index (κ3) is 8.70. The molecule has 1 saturated carbocycles. The molecule has 0 aromatic heterocycles. The van der Waals surface area contributed by atoms with Gasteiger partial charge in [0.15, 0.2) is 0 Å². The fourth-order valence-electron chi connectivity index (χ4n) is 5.34. The minimum Gasteiger partial charge on any atom is -0.480 e. The van der Waals surface area contributed by atoms with Gasteiger partial charge in [-0.3, -0.25) is 4.79 Å². The van der Waals surface area contributed by atoms with Crippen LogP contribution in [0.5, 0.6) is 0 Å². The van der Waals surface area contributed by atoms with Gasteiger partial charge in [0, 0.05) is 5.56 Å². The molecule has 5 heteroatoms. The van der Waals surface area contributed by atoms with Gasteiger partial charge in [-0.2, -0.15) is 0 Å². The van der Waals surface area contributed by atoms with Gasteiger partial charge in [-0.05, 0) is 73.8 Å². The molecule has 1 amide bonds. The Morgan fingerprint density at radius 1 is 0.973 bits per heavy atom. The van der Waals surface area contributed by atoms with Crippen molar-refractivity contribution in [2.75, 3.05) is 0 Å². The van der Waals surface area contributed by atoms with E-state index < -0.39 is 12.0 Å². The summed E-state index contributed by atoms with van der Waals surface area (Å²) < 4.78 is 6.58. The first-order chi connectivity index (χ1) is 17.9. The molecule has 1 aliphatic rings. The highest BCUT2D eigenvalue weighted by molar-refractivity contribution is 6.02. The van der Waals surface area contributed by atoms with Crippen molar-refractivity contribution in [3.05, 3.63) is 59.2 Å². The van der Waals surface area contributed by atoms with Crippen LogP contribution < -0.4 is 5.32 Å². The predicted molar refractivity (Wildman–Crippen MR) is 150 cm³/mol. The van der Waals surface area contributed by atoms with E-state index in [4.69, 9.17) is 4.74 Å². The molecule has 0 saturated heterocycles. The zero-order valence-corrected chi connectivity index (χ0v) is 22.9. The highest BCUT2D eigenvalue weighted by Gasteiger charge is 2.23. The predicted octanol–water partition coefficient (Wildman–Crippen LogP) is 7.49. The summed E-state index contributed by atoms with van der Waals surface area (Å²) in [7, 11) is 0. The van der Waals surface area contributed by atoms with Gasteiger partial charge >= 0.3 is 5.97 Å². The first-order valence-corrected chi connectivity index (χ1v) is 14.3. The van der Waals surface area contributed by atoms with Gasteiger partial charge in [-0.15, -0.1) is 0 Å². The van der Waals surface area contributed by atoms with E-state index in [1.807, 2.05) is 50.2 Å². The molecule has 2 aromatic rings. The number of unbranched alkanes of at least 4 members (excludes halogenated alkanes) is 1. The number of carboxylic acid groups (broad SMARTS) is 1. The first-order valence-electron chi connectivity index (χ1n) is 14.3. The van der Waals surface area contributed by atoms with E-state index in [0.29, 0.717) is 24.5 Å². The molecule has 2 atom stereocenters. The summed E-state index contributed by atoms with van der Waals surface area (Å²) in [5.41, 5.74) is 4.62. The number of nitrogens with one attached hydrogen (secondary N) is 1. The van der Waals surface area contributed by atoms with E-state index >= 15 is 0 Å². The maximum atomic E-state index is 13.3. The summed E-state index contributed by atoms with van der Waals surface area (Å²) in [6, 6.07) is 13.1. The third-order valence-electron chi connectivity index (χ3n) is 7.52. The Bertz CT molecular complexity index is 1010. The Morgan fingerprint density at radius 3 is 2.41 bits per heavy atom. The van der Waals surface area contributed by atoms with Gasteiger partial charge in [-0.25, -0.2) is 4.79 Å². The van der Waals surface area contributed by atoms with E-state index in [2.05, 4.69) is 18.3 Å². The quantitative estimate of drug-likeness (QED) is 0.278. The molecule has 2 N–H and O–H groups in total. The number of carbonyl (C=O) groups is 2. The van der Waals surface area contributed by atoms with Crippen LogP contribution in [-0.2, 0) is 16.0 Å². The molecule has 0 bridgehead atoms. The first kappa shape index (κ1) is 28.9. The van der Waals surface area contributed by atoms with Crippen LogP contribution in [0.2, 0.25) is 0 Å².